The van der Waals surface area contributed by atoms with Crippen LogP contribution < -0.4 is 16.2 Å². The summed E-state index contributed by atoms with van der Waals surface area (Å²) in [5.41, 5.74) is 9.59. The monoisotopic (exact) mass is 724 g/mol. The highest BCUT2D eigenvalue weighted by atomic mass is 32.7. The molecule has 1 aliphatic heterocycles. The summed E-state index contributed by atoms with van der Waals surface area (Å²) in [6.07, 6.45) is 2.28. The van der Waals surface area contributed by atoms with Gasteiger partial charge in [0.2, 0.25) is 5.91 Å². The zero-order valence-electron chi connectivity index (χ0n) is 27.6. The number of amides is 2. The van der Waals surface area contributed by atoms with Crippen LogP contribution in [0.1, 0.15) is 72.7 Å². The Morgan fingerprint density at radius 1 is 0.812 bits per heavy atom. The number of hydrazine groups is 1. The average Bonchev–Trinajstić information content (AvgIpc) is 3.61. The molecular formula is C35H42N4O5P2S2. The minimum atomic E-state index is -0.557. The molecule has 9 nitrogen and oxygen atoms in total. The van der Waals surface area contributed by atoms with Crippen molar-refractivity contribution in [2.24, 2.45) is 5.92 Å². The van der Waals surface area contributed by atoms with Crippen molar-refractivity contribution in [3.63, 3.8) is 0 Å². The van der Waals surface area contributed by atoms with Crippen molar-refractivity contribution >= 4 is 78.2 Å². The second-order valence-electron chi connectivity index (χ2n) is 11.1. The number of hydrogen-bond donors (Lipinski definition) is 3. The molecule has 0 radical (unpaired) electrons. The zero-order chi connectivity index (χ0) is 35.5. The van der Waals surface area contributed by atoms with Crippen molar-refractivity contribution in [1.82, 2.24) is 10.3 Å². The first kappa shape index (κ1) is 40.4. The van der Waals surface area contributed by atoms with Crippen molar-refractivity contribution in [2.75, 3.05) is 24.3 Å². The van der Waals surface area contributed by atoms with Gasteiger partial charge in [-0.1, -0.05) is 37.3 Å². The molecule has 2 atom stereocenters. The summed E-state index contributed by atoms with van der Waals surface area (Å²) in [5, 5.41) is 2.98. The first-order valence-corrected chi connectivity index (χ1v) is 20.0. The van der Waals surface area contributed by atoms with Gasteiger partial charge in [-0.25, -0.2) is 0 Å². The van der Waals surface area contributed by atoms with Gasteiger partial charge in [-0.15, -0.1) is 0 Å². The third-order valence-corrected chi connectivity index (χ3v) is 10.3. The predicted octanol–water partition coefficient (Wildman–Crippen LogP) is 7.20. The molecule has 0 bridgehead atoms. The largest absolute Gasteiger partial charge is 0.388 e. The molecule has 0 saturated carbocycles. The molecule has 1 saturated heterocycles. The van der Waals surface area contributed by atoms with Crippen LogP contribution in [0, 0.1) is 5.92 Å². The lowest BCUT2D eigenvalue weighted by Gasteiger charge is -2.24. The Balaban J connectivity index is 0.000000441. The van der Waals surface area contributed by atoms with Crippen LogP contribution in [-0.2, 0) is 44.4 Å². The van der Waals surface area contributed by atoms with E-state index in [1.54, 1.807) is 36.1 Å². The number of nitrogens with one attached hydrogen (secondary N) is 3. The van der Waals surface area contributed by atoms with Gasteiger partial charge < -0.3 is 10.2 Å². The Labute approximate surface area is 296 Å². The second kappa shape index (κ2) is 22.0. The molecular weight excluding hydrogens is 682 g/mol. The normalized spacial score (nSPS) is 14.0. The highest BCUT2D eigenvalue weighted by Crippen LogP contribution is 2.20. The number of ketones is 3. The molecule has 0 aliphatic carbocycles. The van der Waals surface area contributed by atoms with Crippen LogP contribution in [0.5, 0.6) is 0 Å². The van der Waals surface area contributed by atoms with Crippen LogP contribution >= 0.6 is 14.1 Å². The third kappa shape index (κ3) is 14.2. The van der Waals surface area contributed by atoms with Gasteiger partial charge in [0.25, 0.3) is 5.91 Å². The van der Waals surface area contributed by atoms with Gasteiger partial charge >= 0.3 is 0 Å². The van der Waals surface area contributed by atoms with Gasteiger partial charge in [-0.3, -0.25) is 34.8 Å². The Hall–Kier alpha value is -3.75. The molecule has 13 heteroatoms. The molecule has 0 spiro atoms. The van der Waals surface area contributed by atoms with Crippen LogP contribution in [0.2, 0.25) is 0 Å². The van der Waals surface area contributed by atoms with Crippen molar-refractivity contribution in [3.8, 4) is 0 Å². The van der Waals surface area contributed by atoms with Gasteiger partial charge in [0.1, 0.15) is 11.8 Å². The lowest BCUT2D eigenvalue weighted by atomic mass is 9.94. The number of anilines is 2. The summed E-state index contributed by atoms with van der Waals surface area (Å²) in [5.74, 6) is -0.482. The van der Waals surface area contributed by atoms with E-state index < -0.39 is 6.04 Å². The van der Waals surface area contributed by atoms with E-state index in [0.29, 0.717) is 30.6 Å². The number of carbonyl (C=O) groups excluding carboxylic acids is 5. The van der Waals surface area contributed by atoms with E-state index in [-0.39, 0.29) is 47.9 Å². The molecule has 254 valence electrons. The topological polar surface area (TPSA) is 125 Å². The maximum Gasteiger partial charge on any atom is 0.261 e. The molecule has 0 aromatic heterocycles. The minimum Gasteiger partial charge on any atom is -0.388 e. The van der Waals surface area contributed by atoms with Crippen LogP contribution in [0.25, 0.3) is 0 Å². The van der Waals surface area contributed by atoms with Crippen molar-refractivity contribution in [3.05, 3.63) is 95.6 Å². The molecule has 0 unspecified atom stereocenters. The molecule has 3 aromatic rings. The molecule has 4 rings (SSSR count). The van der Waals surface area contributed by atoms with E-state index in [9.17, 15) is 24.0 Å². The van der Waals surface area contributed by atoms with E-state index in [2.05, 4.69) is 39.8 Å². The average molecular weight is 725 g/mol. The quantitative estimate of drug-likeness (QED) is 0.0954. The van der Waals surface area contributed by atoms with Crippen molar-refractivity contribution in [2.45, 2.75) is 58.9 Å². The summed E-state index contributed by atoms with van der Waals surface area (Å²) in [4.78, 5) is 61.7. The lowest BCUT2D eigenvalue weighted by Crippen LogP contribution is -2.47. The van der Waals surface area contributed by atoms with Crippen LogP contribution in [0.4, 0.5) is 11.4 Å². The Kier molecular flexibility index (Phi) is 18.5. The molecule has 1 heterocycles. The minimum absolute atomic E-state index is 0.0290. The number of benzene rings is 3. The third-order valence-electron chi connectivity index (χ3n) is 7.63. The predicted molar refractivity (Wildman–Crippen MR) is 201 cm³/mol. The highest BCUT2D eigenvalue weighted by Gasteiger charge is 2.34. The molecule has 2 amide bonds. The Morgan fingerprint density at radius 2 is 1.35 bits per heavy atom. The summed E-state index contributed by atoms with van der Waals surface area (Å²) in [6, 6.07) is 23.4. The van der Waals surface area contributed by atoms with Gasteiger partial charge in [-0.2, -0.15) is 0 Å². The number of nitrogens with zero attached hydrogens (tertiary/aromatic N) is 1. The van der Waals surface area contributed by atoms with Gasteiger partial charge in [0, 0.05) is 63.3 Å². The lowest BCUT2D eigenvalue weighted by molar-refractivity contribution is -0.139. The maximum atomic E-state index is 12.8. The second-order valence-corrected chi connectivity index (χ2v) is 15.3. The van der Waals surface area contributed by atoms with E-state index in [0.717, 1.165) is 37.3 Å². The fraction of sp³-hybridized carbons (Fsp3) is 0.343. The van der Waals surface area contributed by atoms with E-state index in [1.807, 2.05) is 68.6 Å². The SMILES string of the molecule is CC(=O)c1ccc(NNC(=O)[C@@H]2CCCN2C(=O)CCC(=O)[C@@H](C)Cc2ccccc2)cc1.CNc1ccc(C(C)=O)cc1.S=PP=S. The van der Waals surface area contributed by atoms with Gasteiger partial charge in [0.05, 0.1) is 5.69 Å². The molecule has 1 fully saturated rings. The molecule has 3 aromatic carbocycles. The number of carbonyl (C=O) groups is 5. The molecule has 3 N–H and O–H groups in total. The standard InChI is InChI=1S/C26H31N3O4.C9H11NO.P2S2/c1-18(17-20-7-4-3-5-8-20)24(31)14-15-25(32)29-16-6-9-23(29)26(33)28-27-22-12-10-21(11-13-22)19(2)30;1-7(11)8-3-5-9(10-2)6-4-8;3-1-2-4/h3-5,7-8,10-13,18,23,27H,6,9,14-17H2,1-2H3,(H,28,33);3-6,10H,1-2H3;/t18-,23-;;/m0../s1. The summed E-state index contributed by atoms with van der Waals surface area (Å²) < 4.78 is 0. The summed E-state index contributed by atoms with van der Waals surface area (Å²) in [7, 11) is 3.59. The fourth-order valence-electron chi connectivity index (χ4n) is 4.92. The van der Waals surface area contributed by atoms with Gasteiger partial charge in [-0.05, 0) is 111 Å². The number of Topliss-reactive ketones (excluding diaryl/α,β-unsaturated/α-hetero) is 3. The van der Waals surface area contributed by atoms with Crippen molar-refractivity contribution in [1.29, 1.82) is 0 Å². The smallest absolute Gasteiger partial charge is 0.261 e. The summed E-state index contributed by atoms with van der Waals surface area (Å²) in [6.45, 7) is 5.46. The number of rotatable bonds is 13. The first-order chi connectivity index (χ1) is 23.0. The first-order valence-electron chi connectivity index (χ1n) is 15.5. The molecule has 1 aliphatic rings. The Morgan fingerprint density at radius 3 is 1.85 bits per heavy atom. The van der Waals surface area contributed by atoms with Crippen LogP contribution in [0.15, 0.2) is 78.9 Å². The molecule has 48 heavy (non-hydrogen) atoms. The van der Waals surface area contributed by atoms with Crippen LogP contribution in [-0.4, -0.2) is 53.7 Å². The van der Waals surface area contributed by atoms with E-state index in [4.69, 9.17) is 0 Å². The number of likely N-dealkylation sites (tertiary alicyclic amines) is 1. The maximum absolute atomic E-state index is 12.8. The van der Waals surface area contributed by atoms with Gasteiger partial charge in [0.15, 0.2) is 11.6 Å². The fourth-order valence-corrected chi connectivity index (χ4v) is 4.92. The van der Waals surface area contributed by atoms with Crippen molar-refractivity contribution < 1.29 is 24.0 Å². The Bertz CT molecular complexity index is 1530. The van der Waals surface area contributed by atoms with E-state index >= 15 is 0 Å². The summed E-state index contributed by atoms with van der Waals surface area (Å²) >= 11 is 8.82. The van der Waals surface area contributed by atoms with Crippen LogP contribution in [0.3, 0.4) is 0 Å². The van der Waals surface area contributed by atoms with E-state index in [1.165, 1.54) is 6.92 Å². The number of hydrogen-bond acceptors (Lipinski definition) is 9. The zero-order valence-corrected chi connectivity index (χ0v) is 31.0. The highest BCUT2D eigenvalue weighted by molar-refractivity contribution is 8.40.